The Kier molecular flexibility index (Phi) is 5.99. The summed E-state index contributed by atoms with van der Waals surface area (Å²) in [6.45, 7) is 0. The zero-order valence-corrected chi connectivity index (χ0v) is 16.2. The van der Waals surface area contributed by atoms with Crippen LogP contribution in [0, 0.1) is 0 Å². The topological polar surface area (TPSA) is 101 Å². The third-order valence-electron chi connectivity index (χ3n) is 4.90. The molecule has 0 radical (unpaired) electrons. The third kappa shape index (κ3) is 3.73. The normalized spacial score (nSPS) is 13.6. The summed E-state index contributed by atoms with van der Waals surface area (Å²) >= 11 is 0. The molecule has 0 saturated carbocycles. The largest absolute Gasteiger partial charge is 0.480 e. The lowest BCUT2D eigenvalue weighted by Gasteiger charge is -2.34. The van der Waals surface area contributed by atoms with Gasteiger partial charge < -0.3 is 9.84 Å². The van der Waals surface area contributed by atoms with Crippen LogP contribution in [0.4, 0.5) is 4.79 Å². The number of methoxy groups -OCH3 is 1. The van der Waals surface area contributed by atoms with Crippen molar-refractivity contribution in [3.8, 4) is 11.1 Å². The Morgan fingerprint density at radius 3 is 2.07 bits per heavy atom. The molecule has 0 fully saturated rings. The van der Waals surface area contributed by atoms with Gasteiger partial charge in [-0.15, -0.1) is 0 Å². The van der Waals surface area contributed by atoms with Gasteiger partial charge in [-0.25, -0.2) is 18.0 Å². The molecule has 1 aliphatic rings. The summed E-state index contributed by atoms with van der Waals surface area (Å²) in [5.41, 5.74) is 3.50. The molecule has 2 aromatic carbocycles. The molecular formula is C20H21NO6S. The minimum atomic E-state index is -2.61. The zero-order valence-electron chi connectivity index (χ0n) is 15.3. The molecule has 0 unspecified atom stereocenters. The number of nitrogens with zero attached hydrogens (tertiary/aromatic N) is 1. The molecule has 0 saturated heterocycles. The highest BCUT2D eigenvalue weighted by Crippen LogP contribution is 2.47. The van der Waals surface area contributed by atoms with Crippen LogP contribution >= 0.6 is 0 Å². The summed E-state index contributed by atoms with van der Waals surface area (Å²) in [6.07, 6.45) is -0.622. The lowest BCUT2D eigenvalue weighted by Crippen LogP contribution is -2.47. The quantitative estimate of drug-likeness (QED) is 0.690. The Morgan fingerprint density at radius 1 is 1.07 bits per heavy atom. The number of carboxylic acids is 1. The second-order valence-electron chi connectivity index (χ2n) is 6.51. The summed E-state index contributed by atoms with van der Waals surface area (Å²) in [5.74, 6) is -1.33. The van der Waals surface area contributed by atoms with E-state index in [1.54, 1.807) is 0 Å². The maximum Gasteiger partial charge on any atom is 0.411 e. The minimum Gasteiger partial charge on any atom is -0.480 e. The molecule has 1 N–H and O–H groups in total. The van der Waals surface area contributed by atoms with E-state index in [0.717, 1.165) is 22.3 Å². The van der Waals surface area contributed by atoms with Crippen LogP contribution in [0.2, 0.25) is 0 Å². The van der Waals surface area contributed by atoms with Crippen molar-refractivity contribution >= 4 is 22.8 Å². The Morgan fingerprint density at radius 2 is 1.61 bits per heavy atom. The predicted molar refractivity (Wildman–Crippen MR) is 104 cm³/mol. The molecule has 1 aliphatic carbocycles. The first-order valence-corrected chi connectivity index (χ1v) is 10.2. The average molecular weight is 403 g/mol. The fourth-order valence-electron chi connectivity index (χ4n) is 3.74. The molecule has 3 rings (SSSR count). The van der Waals surface area contributed by atoms with Crippen LogP contribution in [0.15, 0.2) is 48.5 Å². The number of amides is 1. The van der Waals surface area contributed by atoms with Gasteiger partial charge in [-0.3, -0.25) is 4.90 Å². The van der Waals surface area contributed by atoms with E-state index in [4.69, 9.17) is 4.74 Å². The van der Waals surface area contributed by atoms with Gasteiger partial charge in [0.1, 0.15) is 16.7 Å². The Labute approximate surface area is 164 Å². The Hall–Kier alpha value is -2.87. The molecule has 7 nitrogen and oxygen atoms in total. The number of carboxylic acid groups (broad SMARTS) is 1. The number of rotatable bonds is 7. The van der Waals surface area contributed by atoms with Crippen LogP contribution in [-0.2, 0) is 20.2 Å². The highest BCUT2D eigenvalue weighted by molar-refractivity contribution is 7.72. The molecule has 0 spiro atoms. The fraction of sp³-hybridized carbons (Fsp3) is 0.300. The van der Waals surface area contributed by atoms with E-state index in [-0.39, 0.29) is 18.6 Å². The van der Waals surface area contributed by atoms with E-state index < -0.39 is 34.9 Å². The van der Waals surface area contributed by atoms with Gasteiger partial charge in [-0.05, 0) is 35.1 Å². The lowest BCUT2D eigenvalue weighted by molar-refractivity contribution is -0.143. The Balaban J connectivity index is 2.08. The van der Waals surface area contributed by atoms with Crippen molar-refractivity contribution < 1.29 is 27.9 Å². The fourth-order valence-corrected chi connectivity index (χ4v) is 4.18. The molecular weight excluding hydrogens is 382 g/mol. The van der Waals surface area contributed by atoms with Gasteiger partial charge in [0.25, 0.3) is 0 Å². The van der Waals surface area contributed by atoms with Gasteiger partial charge in [-0.2, -0.15) is 0 Å². The summed E-state index contributed by atoms with van der Waals surface area (Å²) in [7, 11) is -1.41. The highest BCUT2D eigenvalue weighted by Gasteiger charge is 2.41. The summed E-state index contributed by atoms with van der Waals surface area (Å²) in [4.78, 5) is 25.9. The van der Waals surface area contributed by atoms with Gasteiger partial charge in [0.2, 0.25) is 0 Å². The number of hydrogen-bond acceptors (Lipinski definition) is 5. The van der Waals surface area contributed by atoms with Gasteiger partial charge in [0.15, 0.2) is 0 Å². The second-order valence-corrected chi connectivity index (χ2v) is 7.62. The summed E-state index contributed by atoms with van der Waals surface area (Å²) < 4.78 is 26.7. The number of thiol groups is 1. The number of ether oxygens (including phenoxy) is 1. The van der Waals surface area contributed by atoms with E-state index >= 15 is 0 Å². The summed E-state index contributed by atoms with van der Waals surface area (Å²) in [6, 6.07) is 13.2. The smallest absolute Gasteiger partial charge is 0.411 e. The van der Waals surface area contributed by atoms with Crippen LogP contribution in [0.25, 0.3) is 11.1 Å². The molecule has 1 amide bonds. The van der Waals surface area contributed by atoms with Crippen molar-refractivity contribution in [2.45, 2.75) is 24.9 Å². The molecule has 0 aromatic heterocycles. The number of benzene rings is 2. The first-order chi connectivity index (χ1) is 13.5. The first kappa shape index (κ1) is 19.9. The van der Waals surface area contributed by atoms with Crippen molar-refractivity contribution in [1.82, 2.24) is 4.90 Å². The zero-order chi connectivity index (χ0) is 20.3. The van der Waals surface area contributed by atoms with Crippen LogP contribution < -0.4 is 0 Å². The van der Waals surface area contributed by atoms with E-state index in [2.05, 4.69) is 0 Å². The number of fused-ring (bicyclic) bond motifs is 3. The van der Waals surface area contributed by atoms with Crippen LogP contribution in [0.5, 0.6) is 0 Å². The van der Waals surface area contributed by atoms with Gasteiger partial charge in [-0.1, -0.05) is 48.5 Å². The average Bonchev–Trinajstić information content (AvgIpc) is 3.01. The maximum absolute atomic E-state index is 12.7. The molecule has 8 heteroatoms. The van der Waals surface area contributed by atoms with Crippen LogP contribution in [0.3, 0.4) is 0 Å². The number of carbonyl (C=O) groups excluding carboxylic acids is 1. The number of aliphatic carboxylic acids is 1. The molecule has 0 bridgehead atoms. The highest BCUT2D eigenvalue weighted by atomic mass is 32.2. The van der Waals surface area contributed by atoms with Crippen molar-refractivity contribution in [2.24, 2.45) is 0 Å². The molecule has 148 valence electrons. The number of carbonyl (C=O) groups is 2. The molecule has 2 aromatic rings. The van der Waals surface area contributed by atoms with Crippen molar-refractivity contribution in [2.75, 3.05) is 12.9 Å². The minimum absolute atomic E-state index is 0.00851. The predicted octanol–water partition coefficient (Wildman–Crippen LogP) is 2.67. The maximum atomic E-state index is 12.7. The SMILES string of the molecule is COC(=O)N(C1c2ccccc2-c2ccccc21)[C@@H](CCC[SH](=O)=O)C(=O)O. The first-order valence-electron chi connectivity index (χ1n) is 8.84. The van der Waals surface area contributed by atoms with E-state index in [0.29, 0.717) is 0 Å². The van der Waals surface area contributed by atoms with Gasteiger partial charge >= 0.3 is 12.1 Å². The molecule has 0 aliphatic heterocycles. The van der Waals surface area contributed by atoms with Crippen LogP contribution in [-0.4, -0.2) is 49.4 Å². The standard InChI is InChI=1S/C20H21NO6S/c1-27-20(24)21(17(19(22)23)11-6-12-28(25)26)18-15-9-4-2-7-13(15)14-8-3-5-10-16(14)18/h2-5,7-10,17-18,28H,6,11-12H2,1H3,(H,22,23)/t17-/m0/s1. The van der Waals surface area contributed by atoms with E-state index in [1.165, 1.54) is 12.0 Å². The van der Waals surface area contributed by atoms with E-state index in [9.17, 15) is 23.1 Å². The number of hydrogen-bond donors (Lipinski definition) is 2. The van der Waals surface area contributed by atoms with E-state index in [1.807, 2.05) is 48.5 Å². The summed E-state index contributed by atoms with van der Waals surface area (Å²) in [5, 5.41) is 9.81. The van der Waals surface area contributed by atoms with Crippen LogP contribution in [0.1, 0.15) is 30.0 Å². The van der Waals surface area contributed by atoms with Gasteiger partial charge in [0.05, 0.1) is 13.2 Å². The molecule has 1 atom stereocenters. The third-order valence-corrected chi connectivity index (χ3v) is 5.59. The molecule has 28 heavy (non-hydrogen) atoms. The lowest BCUT2D eigenvalue weighted by atomic mass is 10.00. The Bertz CT molecular complexity index is 917. The van der Waals surface area contributed by atoms with Crippen molar-refractivity contribution in [3.63, 3.8) is 0 Å². The molecule has 0 heterocycles. The van der Waals surface area contributed by atoms with Gasteiger partial charge in [0, 0.05) is 5.75 Å². The van der Waals surface area contributed by atoms with Crippen molar-refractivity contribution in [1.29, 1.82) is 0 Å². The monoisotopic (exact) mass is 403 g/mol. The van der Waals surface area contributed by atoms with Crippen molar-refractivity contribution in [3.05, 3.63) is 59.7 Å². The second kappa shape index (κ2) is 8.43.